The average Bonchev–Trinajstić information content (AvgIpc) is 2.16. The van der Waals surface area contributed by atoms with Crippen molar-refractivity contribution in [2.45, 2.75) is 56.7 Å². The van der Waals surface area contributed by atoms with Crippen LogP contribution in [0.2, 0.25) is 0 Å². The van der Waals surface area contributed by atoms with Gasteiger partial charge >= 0.3 is 0 Å². The third-order valence-corrected chi connectivity index (χ3v) is 5.24. The Morgan fingerprint density at radius 3 is 2.33 bits per heavy atom. The van der Waals surface area contributed by atoms with Crippen LogP contribution in [0.4, 0.5) is 0 Å². The highest BCUT2D eigenvalue weighted by molar-refractivity contribution is 7.90. The van der Waals surface area contributed by atoms with Crippen LogP contribution in [0.1, 0.15) is 46.0 Å². The zero-order valence-corrected chi connectivity index (χ0v) is 10.4. The zero-order valence-electron chi connectivity index (χ0n) is 9.62. The molecule has 0 aromatic carbocycles. The van der Waals surface area contributed by atoms with E-state index in [4.69, 9.17) is 5.73 Å². The Labute approximate surface area is 92.7 Å². The lowest BCUT2D eigenvalue weighted by Gasteiger charge is -2.35. The van der Waals surface area contributed by atoms with Gasteiger partial charge in [-0.1, -0.05) is 19.3 Å². The van der Waals surface area contributed by atoms with Crippen molar-refractivity contribution in [3.8, 4) is 0 Å². The second-order valence-electron chi connectivity index (χ2n) is 4.81. The molecular formula is C10H22N2O2S. The largest absolute Gasteiger partial charge is 0.329 e. The first-order chi connectivity index (χ1) is 6.90. The van der Waals surface area contributed by atoms with Gasteiger partial charge in [0.2, 0.25) is 10.0 Å². The first kappa shape index (κ1) is 12.9. The molecule has 0 bridgehead atoms. The van der Waals surface area contributed by atoms with E-state index in [1.54, 1.807) is 6.92 Å². The molecule has 0 spiro atoms. The topological polar surface area (TPSA) is 72.2 Å². The average molecular weight is 234 g/mol. The maximum atomic E-state index is 11.8. The molecule has 0 heterocycles. The summed E-state index contributed by atoms with van der Waals surface area (Å²) in [6.07, 6.45) is 5.29. The summed E-state index contributed by atoms with van der Waals surface area (Å²) in [6, 6.07) is 0. The first-order valence-corrected chi connectivity index (χ1v) is 7.17. The van der Waals surface area contributed by atoms with Crippen molar-refractivity contribution in [2.75, 3.05) is 6.54 Å². The van der Waals surface area contributed by atoms with Gasteiger partial charge in [-0.3, -0.25) is 0 Å². The summed E-state index contributed by atoms with van der Waals surface area (Å²) in [5.74, 6) is 0. The molecular weight excluding hydrogens is 212 g/mol. The monoisotopic (exact) mass is 234 g/mol. The number of nitrogens with two attached hydrogens (primary N) is 1. The van der Waals surface area contributed by atoms with Gasteiger partial charge in [0, 0.05) is 12.1 Å². The van der Waals surface area contributed by atoms with Crippen molar-refractivity contribution in [3.63, 3.8) is 0 Å². The molecule has 0 radical (unpaired) electrons. The fourth-order valence-corrected chi connectivity index (χ4v) is 3.35. The van der Waals surface area contributed by atoms with E-state index in [2.05, 4.69) is 4.72 Å². The van der Waals surface area contributed by atoms with Crippen LogP contribution in [0, 0.1) is 0 Å². The normalized spacial score (nSPS) is 23.7. The number of nitrogens with one attached hydrogen (secondary N) is 1. The molecule has 0 amide bonds. The van der Waals surface area contributed by atoms with Crippen molar-refractivity contribution < 1.29 is 8.42 Å². The lowest BCUT2D eigenvalue weighted by molar-refractivity contribution is 0.293. The van der Waals surface area contributed by atoms with Crippen LogP contribution >= 0.6 is 0 Å². The van der Waals surface area contributed by atoms with E-state index in [-0.39, 0.29) is 12.1 Å². The Morgan fingerprint density at radius 1 is 1.33 bits per heavy atom. The van der Waals surface area contributed by atoms with Gasteiger partial charge in [-0.2, -0.15) is 0 Å². The number of sulfonamides is 1. The van der Waals surface area contributed by atoms with E-state index in [0.29, 0.717) is 0 Å². The molecule has 1 atom stereocenters. The fourth-order valence-electron chi connectivity index (χ4n) is 2.00. The molecule has 1 rings (SSSR count). The third-order valence-electron chi connectivity index (χ3n) is 3.21. The van der Waals surface area contributed by atoms with Crippen molar-refractivity contribution >= 4 is 10.0 Å². The maximum Gasteiger partial charge on any atom is 0.215 e. The van der Waals surface area contributed by atoms with Gasteiger partial charge in [0.25, 0.3) is 0 Å². The molecule has 0 saturated heterocycles. The Balaban J connectivity index is 2.67. The zero-order chi connectivity index (χ0) is 11.5. The van der Waals surface area contributed by atoms with Gasteiger partial charge < -0.3 is 5.73 Å². The third kappa shape index (κ3) is 3.43. The SMILES string of the molecule is CC(CN)S(=O)(=O)NC1(C)CCCCC1. The second kappa shape index (κ2) is 4.80. The summed E-state index contributed by atoms with van der Waals surface area (Å²) < 4.78 is 26.5. The molecule has 1 fully saturated rings. The van der Waals surface area contributed by atoms with Crippen LogP contribution in [0.3, 0.4) is 0 Å². The molecule has 0 aromatic rings. The molecule has 1 unspecified atom stereocenters. The number of hydrogen-bond donors (Lipinski definition) is 2. The van der Waals surface area contributed by atoms with Gasteiger partial charge in [0.15, 0.2) is 0 Å². The predicted molar refractivity (Wildman–Crippen MR) is 62.1 cm³/mol. The van der Waals surface area contributed by atoms with Gasteiger partial charge in [0.05, 0.1) is 5.25 Å². The highest BCUT2D eigenvalue weighted by atomic mass is 32.2. The van der Waals surface area contributed by atoms with E-state index in [0.717, 1.165) is 25.7 Å². The molecule has 4 nitrogen and oxygen atoms in total. The summed E-state index contributed by atoms with van der Waals surface area (Å²) >= 11 is 0. The molecule has 1 aliphatic carbocycles. The lowest BCUT2D eigenvalue weighted by Crippen LogP contribution is -2.51. The Morgan fingerprint density at radius 2 is 1.87 bits per heavy atom. The van der Waals surface area contributed by atoms with Gasteiger partial charge in [-0.05, 0) is 26.7 Å². The molecule has 90 valence electrons. The predicted octanol–water partition coefficient (Wildman–Crippen LogP) is 0.976. The van der Waals surface area contributed by atoms with Crippen LogP contribution in [-0.2, 0) is 10.0 Å². The Hall–Kier alpha value is -0.130. The van der Waals surface area contributed by atoms with Crippen LogP contribution in [0.5, 0.6) is 0 Å². The van der Waals surface area contributed by atoms with E-state index >= 15 is 0 Å². The summed E-state index contributed by atoms with van der Waals surface area (Å²) in [5.41, 5.74) is 5.14. The quantitative estimate of drug-likeness (QED) is 0.761. The second-order valence-corrected chi connectivity index (χ2v) is 6.91. The van der Waals surface area contributed by atoms with Gasteiger partial charge in [-0.25, -0.2) is 13.1 Å². The van der Waals surface area contributed by atoms with Gasteiger partial charge in [-0.15, -0.1) is 0 Å². The maximum absolute atomic E-state index is 11.8. The molecule has 0 aliphatic heterocycles. The number of rotatable bonds is 4. The van der Waals surface area contributed by atoms with Crippen molar-refractivity contribution in [1.29, 1.82) is 0 Å². The highest BCUT2D eigenvalue weighted by Crippen LogP contribution is 2.28. The highest BCUT2D eigenvalue weighted by Gasteiger charge is 2.33. The van der Waals surface area contributed by atoms with Crippen molar-refractivity contribution in [2.24, 2.45) is 5.73 Å². The van der Waals surface area contributed by atoms with E-state index in [1.807, 2.05) is 6.92 Å². The summed E-state index contributed by atoms with van der Waals surface area (Å²) in [7, 11) is -3.24. The minimum atomic E-state index is -3.24. The minimum Gasteiger partial charge on any atom is -0.329 e. The standard InChI is InChI=1S/C10H22N2O2S/c1-9(8-11)15(13,14)12-10(2)6-4-3-5-7-10/h9,12H,3-8,11H2,1-2H3. The molecule has 0 aromatic heterocycles. The fraction of sp³-hybridized carbons (Fsp3) is 1.00. The van der Waals surface area contributed by atoms with E-state index < -0.39 is 15.3 Å². The van der Waals surface area contributed by atoms with E-state index in [9.17, 15) is 8.42 Å². The van der Waals surface area contributed by atoms with Crippen molar-refractivity contribution in [1.82, 2.24) is 4.72 Å². The minimum absolute atomic E-state index is 0.172. The van der Waals surface area contributed by atoms with Crippen LogP contribution in [0.25, 0.3) is 0 Å². The summed E-state index contributed by atoms with van der Waals surface area (Å²) in [6.45, 7) is 3.81. The number of hydrogen-bond acceptors (Lipinski definition) is 3. The summed E-state index contributed by atoms with van der Waals surface area (Å²) in [4.78, 5) is 0. The van der Waals surface area contributed by atoms with Crippen molar-refractivity contribution in [3.05, 3.63) is 0 Å². The molecule has 3 N–H and O–H groups in total. The van der Waals surface area contributed by atoms with Crippen LogP contribution in [0.15, 0.2) is 0 Å². The molecule has 15 heavy (non-hydrogen) atoms. The molecule has 5 heteroatoms. The van der Waals surface area contributed by atoms with Crippen LogP contribution in [-0.4, -0.2) is 25.8 Å². The van der Waals surface area contributed by atoms with Gasteiger partial charge in [0.1, 0.15) is 0 Å². The lowest BCUT2D eigenvalue weighted by atomic mass is 9.84. The molecule has 1 aliphatic rings. The Kier molecular flexibility index (Phi) is 4.14. The van der Waals surface area contributed by atoms with Crippen LogP contribution < -0.4 is 10.5 Å². The first-order valence-electron chi connectivity index (χ1n) is 5.62. The smallest absolute Gasteiger partial charge is 0.215 e. The van der Waals surface area contributed by atoms with E-state index in [1.165, 1.54) is 6.42 Å². The Bertz CT molecular complexity index is 295. The molecule has 1 saturated carbocycles. The summed E-state index contributed by atoms with van der Waals surface area (Å²) in [5, 5.41) is -0.503.